The quantitative estimate of drug-likeness (QED) is 0.858. The molecular weight excluding hydrogens is 248 g/mol. The number of nitrogens with zero attached hydrogens (tertiary/aromatic N) is 1. The summed E-state index contributed by atoms with van der Waals surface area (Å²) < 4.78 is 5.65. The number of rotatable bonds is 4. The summed E-state index contributed by atoms with van der Waals surface area (Å²) in [4.78, 5) is 2.79. The van der Waals surface area contributed by atoms with Crippen molar-refractivity contribution in [2.45, 2.75) is 78.1 Å². The molecule has 4 unspecified atom stereocenters. The molecular formula is C17H34N2O. The van der Waals surface area contributed by atoms with Gasteiger partial charge in [0, 0.05) is 43.2 Å². The van der Waals surface area contributed by atoms with Crippen LogP contribution in [0, 0.1) is 11.3 Å². The standard InChI is InChI=1S/C17H34N2O/c1-8-17(6)11-19(13(10-18-17)12(2)3)14-9-15(20-7)16(14,4)5/h12-15,18H,8-11H2,1-7H3. The number of nitrogens with one attached hydrogen (secondary N) is 1. The lowest BCUT2D eigenvalue weighted by Gasteiger charge is -2.61. The van der Waals surface area contributed by atoms with Gasteiger partial charge in [0.1, 0.15) is 0 Å². The smallest absolute Gasteiger partial charge is 0.0652 e. The van der Waals surface area contributed by atoms with Crippen molar-refractivity contribution in [1.29, 1.82) is 0 Å². The summed E-state index contributed by atoms with van der Waals surface area (Å²) in [5.41, 5.74) is 0.535. The molecule has 2 fully saturated rings. The normalized spacial score (nSPS) is 41.7. The number of hydrogen-bond donors (Lipinski definition) is 1. The molecule has 0 spiro atoms. The second kappa shape index (κ2) is 5.58. The molecule has 1 aliphatic carbocycles. The highest BCUT2D eigenvalue weighted by Crippen LogP contribution is 2.47. The molecule has 20 heavy (non-hydrogen) atoms. The Bertz CT molecular complexity index is 342. The first-order valence-corrected chi connectivity index (χ1v) is 8.28. The van der Waals surface area contributed by atoms with Gasteiger partial charge in [-0.3, -0.25) is 4.90 Å². The van der Waals surface area contributed by atoms with Gasteiger partial charge in [-0.25, -0.2) is 0 Å². The molecule has 0 radical (unpaired) electrons. The summed E-state index contributed by atoms with van der Waals surface area (Å²) in [6.07, 6.45) is 2.80. The first-order valence-electron chi connectivity index (χ1n) is 8.28. The minimum atomic E-state index is 0.264. The highest BCUT2D eigenvalue weighted by Gasteiger charge is 2.54. The van der Waals surface area contributed by atoms with Crippen LogP contribution in [0.25, 0.3) is 0 Å². The molecule has 3 nitrogen and oxygen atoms in total. The van der Waals surface area contributed by atoms with Crippen molar-refractivity contribution in [2.75, 3.05) is 20.2 Å². The monoisotopic (exact) mass is 282 g/mol. The van der Waals surface area contributed by atoms with Crippen LogP contribution in [0.4, 0.5) is 0 Å². The lowest BCUT2D eigenvalue weighted by atomic mass is 9.62. The Hall–Kier alpha value is -0.120. The SMILES string of the molecule is CCC1(C)CN(C2CC(OC)C2(C)C)C(C(C)C)CN1. The van der Waals surface area contributed by atoms with E-state index in [1.807, 2.05) is 7.11 Å². The van der Waals surface area contributed by atoms with Gasteiger partial charge in [0.05, 0.1) is 6.10 Å². The van der Waals surface area contributed by atoms with Crippen molar-refractivity contribution in [1.82, 2.24) is 10.2 Å². The van der Waals surface area contributed by atoms with Crippen LogP contribution in [0.1, 0.15) is 54.4 Å². The van der Waals surface area contributed by atoms with E-state index in [-0.39, 0.29) is 11.0 Å². The molecule has 1 saturated heterocycles. The fourth-order valence-corrected chi connectivity index (χ4v) is 4.07. The maximum Gasteiger partial charge on any atom is 0.0652 e. The summed E-state index contributed by atoms with van der Waals surface area (Å²) in [5.74, 6) is 0.696. The summed E-state index contributed by atoms with van der Waals surface area (Å²) in [6, 6.07) is 1.31. The van der Waals surface area contributed by atoms with Gasteiger partial charge >= 0.3 is 0 Å². The van der Waals surface area contributed by atoms with Gasteiger partial charge in [0.2, 0.25) is 0 Å². The van der Waals surface area contributed by atoms with Gasteiger partial charge in [-0.05, 0) is 25.7 Å². The molecule has 2 rings (SSSR count). The Kier molecular flexibility index (Phi) is 4.54. The van der Waals surface area contributed by atoms with Crippen LogP contribution in [0.3, 0.4) is 0 Å². The molecule has 1 heterocycles. The third-order valence-corrected chi connectivity index (χ3v) is 6.06. The van der Waals surface area contributed by atoms with E-state index in [4.69, 9.17) is 4.74 Å². The second-order valence-corrected chi connectivity index (χ2v) is 8.08. The van der Waals surface area contributed by atoms with Crippen LogP contribution in [-0.2, 0) is 4.74 Å². The van der Waals surface area contributed by atoms with E-state index in [0.717, 1.165) is 13.1 Å². The molecule has 0 bridgehead atoms. The molecule has 0 aromatic heterocycles. The number of ether oxygens (including phenoxy) is 1. The molecule has 3 heteroatoms. The number of methoxy groups -OCH3 is 1. The molecule has 0 aromatic rings. The van der Waals surface area contributed by atoms with Gasteiger partial charge < -0.3 is 10.1 Å². The fourth-order valence-electron chi connectivity index (χ4n) is 4.07. The zero-order chi connectivity index (χ0) is 15.1. The van der Waals surface area contributed by atoms with E-state index in [0.29, 0.717) is 24.1 Å². The van der Waals surface area contributed by atoms with Crippen LogP contribution in [0.2, 0.25) is 0 Å². The van der Waals surface area contributed by atoms with Gasteiger partial charge in [-0.2, -0.15) is 0 Å². The van der Waals surface area contributed by atoms with E-state index in [9.17, 15) is 0 Å². The maximum atomic E-state index is 5.65. The average Bonchev–Trinajstić information content (AvgIpc) is 2.38. The molecule has 0 aromatic carbocycles. The van der Waals surface area contributed by atoms with Gasteiger partial charge in [-0.15, -0.1) is 0 Å². The van der Waals surface area contributed by atoms with Gasteiger partial charge in [0.25, 0.3) is 0 Å². The Balaban J connectivity index is 2.17. The molecule has 1 saturated carbocycles. The summed E-state index contributed by atoms with van der Waals surface area (Å²) >= 11 is 0. The average molecular weight is 282 g/mol. The van der Waals surface area contributed by atoms with E-state index in [1.165, 1.54) is 12.8 Å². The molecule has 1 N–H and O–H groups in total. The molecule has 1 aliphatic heterocycles. The molecule has 118 valence electrons. The lowest BCUT2D eigenvalue weighted by Crippen LogP contribution is -2.72. The second-order valence-electron chi connectivity index (χ2n) is 8.08. The first kappa shape index (κ1) is 16.3. The predicted molar refractivity (Wildman–Crippen MR) is 85.0 cm³/mol. The zero-order valence-corrected chi connectivity index (χ0v) is 14.5. The van der Waals surface area contributed by atoms with Crippen LogP contribution >= 0.6 is 0 Å². The highest BCUT2D eigenvalue weighted by molar-refractivity contribution is 5.08. The van der Waals surface area contributed by atoms with E-state index in [1.54, 1.807) is 0 Å². The molecule has 2 aliphatic rings. The lowest BCUT2D eigenvalue weighted by molar-refractivity contribution is -0.161. The number of hydrogen-bond acceptors (Lipinski definition) is 3. The van der Waals surface area contributed by atoms with E-state index in [2.05, 4.69) is 51.8 Å². The summed E-state index contributed by atoms with van der Waals surface area (Å²) in [6.45, 7) is 16.4. The fraction of sp³-hybridized carbons (Fsp3) is 1.00. The minimum Gasteiger partial charge on any atom is -0.381 e. The molecule has 4 atom stereocenters. The van der Waals surface area contributed by atoms with Crippen molar-refractivity contribution in [3.8, 4) is 0 Å². The number of piperazine rings is 1. The van der Waals surface area contributed by atoms with Crippen LogP contribution in [0.15, 0.2) is 0 Å². The third-order valence-electron chi connectivity index (χ3n) is 6.06. The van der Waals surface area contributed by atoms with Crippen LogP contribution in [0.5, 0.6) is 0 Å². The van der Waals surface area contributed by atoms with Crippen molar-refractivity contribution in [2.24, 2.45) is 11.3 Å². The van der Waals surface area contributed by atoms with Crippen molar-refractivity contribution >= 4 is 0 Å². The third kappa shape index (κ3) is 2.65. The van der Waals surface area contributed by atoms with E-state index >= 15 is 0 Å². The predicted octanol–water partition coefficient (Wildman–Crippen LogP) is 2.90. The topological polar surface area (TPSA) is 24.5 Å². The summed E-state index contributed by atoms with van der Waals surface area (Å²) in [7, 11) is 1.86. The van der Waals surface area contributed by atoms with Crippen molar-refractivity contribution in [3.63, 3.8) is 0 Å². The first-order chi connectivity index (χ1) is 9.25. The van der Waals surface area contributed by atoms with Crippen molar-refractivity contribution in [3.05, 3.63) is 0 Å². The minimum absolute atomic E-state index is 0.264. The Morgan fingerprint density at radius 3 is 2.40 bits per heavy atom. The maximum absolute atomic E-state index is 5.65. The van der Waals surface area contributed by atoms with Crippen molar-refractivity contribution < 1.29 is 4.74 Å². The zero-order valence-electron chi connectivity index (χ0n) is 14.5. The largest absolute Gasteiger partial charge is 0.381 e. The van der Waals surface area contributed by atoms with Gasteiger partial charge in [0.15, 0.2) is 0 Å². The van der Waals surface area contributed by atoms with Crippen LogP contribution < -0.4 is 5.32 Å². The Morgan fingerprint density at radius 1 is 1.30 bits per heavy atom. The highest BCUT2D eigenvalue weighted by atomic mass is 16.5. The summed E-state index contributed by atoms with van der Waals surface area (Å²) in [5, 5.41) is 3.79. The molecule has 0 amide bonds. The van der Waals surface area contributed by atoms with Gasteiger partial charge in [-0.1, -0.05) is 34.6 Å². The Labute approximate surface area is 125 Å². The van der Waals surface area contributed by atoms with Crippen LogP contribution in [-0.4, -0.2) is 48.8 Å². The van der Waals surface area contributed by atoms with E-state index < -0.39 is 0 Å². The Morgan fingerprint density at radius 2 is 1.95 bits per heavy atom.